The van der Waals surface area contributed by atoms with Crippen molar-refractivity contribution in [3.8, 4) is 0 Å². The van der Waals surface area contributed by atoms with Gasteiger partial charge >= 0.3 is 5.97 Å². The molecule has 2 atom stereocenters. The van der Waals surface area contributed by atoms with Crippen molar-refractivity contribution < 1.29 is 24.6 Å². The van der Waals surface area contributed by atoms with Gasteiger partial charge in [0.2, 0.25) is 0 Å². The van der Waals surface area contributed by atoms with Crippen molar-refractivity contribution in [2.45, 2.75) is 6.10 Å². The normalized spacial score (nSPS) is 20.7. The molecule has 1 aliphatic rings. The van der Waals surface area contributed by atoms with Crippen LogP contribution in [0.1, 0.15) is 20.7 Å². The second-order valence-electron chi connectivity index (χ2n) is 4.78. The van der Waals surface area contributed by atoms with Crippen molar-refractivity contribution in [2.24, 2.45) is 5.92 Å². The third-order valence-corrected chi connectivity index (χ3v) is 3.28. The highest BCUT2D eigenvalue weighted by atomic mass is 16.4. The van der Waals surface area contributed by atoms with E-state index in [2.05, 4.69) is 0 Å². The minimum absolute atomic E-state index is 0.0635. The lowest BCUT2D eigenvalue weighted by atomic mass is 9.94. The molecule has 112 valence electrons. The van der Waals surface area contributed by atoms with Crippen molar-refractivity contribution in [1.82, 2.24) is 0 Å². The zero-order valence-electron chi connectivity index (χ0n) is 11.5. The number of aromatic carboxylic acids is 1. The first kappa shape index (κ1) is 15.6. The van der Waals surface area contributed by atoms with E-state index >= 15 is 0 Å². The Morgan fingerprint density at radius 3 is 2.41 bits per heavy atom. The molecule has 5 nitrogen and oxygen atoms in total. The quantitative estimate of drug-likeness (QED) is 0.491. The van der Waals surface area contributed by atoms with Gasteiger partial charge in [0.05, 0.1) is 17.6 Å². The van der Waals surface area contributed by atoms with Crippen molar-refractivity contribution in [1.29, 1.82) is 0 Å². The standard InChI is InChI=1S/C17H14O5/c18-10-12-7-5-11(9-16(12)20)6-8-15(19)13-3-1-2-4-14(13)17(21)22/h1-10,12,16,20H,(H,21,22)/b8-6+. The number of hydrogen-bond acceptors (Lipinski definition) is 4. The Hall–Kier alpha value is -2.79. The summed E-state index contributed by atoms with van der Waals surface area (Å²) < 4.78 is 0. The number of aliphatic hydroxyl groups excluding tert-OH is 1. The number of aliphatic hydroxyl groups is 1. The van der Waals surface area contributed by atoms with Crippen LogP contribution < -0.4 is 0 Å². The van der Waals surface area contributed by atoms with Gasteiger partial charge in [-0.3, -0.25) is 4.79 Å². The van der Waals surface area contributed by atoms with Crippen LogP contribution in [-0.2, 0) is 4.79 Å². The van der Waals surface area contributed by atoms with E-state index in [1.165, 1.54) is 30.4 Å². The summed E-state index contributed by atoms with van der Waals surface area (Å²) in [7, 11) is 0. The van der Waals surface area contributed by atoms with Gasteiger partial charge in [-0.25, -0.2) is 4.79 Å². The second-order valence-corrected chi connectivity index (χ2v) is 4.78. The van der Waals surface area contributed by atoms with Crippen LogP contribution in [0.15, 0.2) is 60.2 Å². The van der Waals surface area contributed by atoms with Gasteiger partial charge in [-0.05, 0) is 23.8 Å². The summed E-state index contributed by atoms with van der Waals surface area (Å²) in [5.41, 5.74) is 0.607. The van der Waals surface area contributed by atoms with E-state index < -0.39 is 23.8 Å². The first-order valence-electron chi connectivity index (χ1n) is 6.61. The zero-order valence-corrected chi connectivity index (χ0v) is 11.5. The molecule has 2 unspecified atom stereocenters. The molecule has 2 rings (SSSR count). The second kappa shape index (κ2) is 6.78. The van der Waals surface area contributed by atoms with Gasteiger partial charge in [0.15, 0.2) is 5.78 Å². The molecule has 0 fully saturated rings. The van der Waals surface area contributed by atoms with Gasteiger partial charge in [-0.1, -0.05) is 36.4 Å². The predicted molar refractivity (Wildman–Crippen MR) is 79.7 cm³/mol. The molecule has 22 heavy (non-hydrogen) atoms. The molecule has 0 spiro atoms. The Labute approximate surface area is 126 Å². The number of allylic oxidation sites excluding steroid dienone is 4. The Bertz CT molecular complexity index is 697. The Kier molecular flexibility index (Phi) is 4.80. The molecular weight excluding hydrogens is 284 g/mol. The predicted octanol–water partition coefficient (Wildman–Crippen LogP) is 1.80. The number of carboxylic acid groups (broad SMARTS) is 1. The molecule has 1 aliphatic carbocycles. The number of hydrogen-bond donors (Lipinski definition) is 2. The first-order chi connectivity index (χ1) is 10.5. The molecule has 0 aromatic heterocycles. The van der Waals surface area contributed by atoms with Crippen LogP contribution in [0, 0.1) is 5.92 Å². The third-order valence-electron chi connectivity index (χ3n) is 3.28. The fourth-order valence-corrected chi connectivity index (χ4v) is 2.08. The molecule has 0 bridgehead atoms. The minimum Gasteiger partial charge on any atom is -0.478 e. The summed E-state index contributed by atoms with van der Waals surface area (Å²) in [6, 6.07) is 5.94. The van der Waals surface area contributed by atoms with Gasteiger partial charge in [-0.15, -0.1) is 0 Å². The number of aldehydes is 1. The van der Waals surface area contributed by atoms with Crippen LogP contribution in [0.3, 0.4) is 0 Å². The maximum atomic E-state index is 12.1. The SMILES string of the molecule is O=CC1C=CC(/C=C/C(=O)c2ccccc2C(=O)O)=CC1O. The molecule has 5 heteroatoms. The van der Waals surface area contributed by atoms with Gasteiger partial charge < -0.3 is 15.0 Å². The molecule has 1 aromatic rings. The maximum Gasteiger partial charge on any atom is 0.336 e. The lowest BCUT2D eigenvalue weighted by molar-refractivity contribution is -0.111. The molecule has 0 aliphatic heterocycles. The molecule has 0 saturated carbocycles. The molecule has 0 heterocycles. The third kappa shape index (κ3) is 3.45. The highest BCUT2D eigenvalue weighted by Crippen LogP contribution is 2.17. The van der Waals surface area contributed by atoms with E-state index in [9.17, 15) is 19.5 Å². The van der Waals surface area contributed by atoms with Crippen LogP contribution in [-0.4, -0.2) is 34.4 Å². The Balaban J connectivity index is 2.18. The van der Waals surface area contributed by atoms with Gasteiger partial charge in [0, 0.05) is 5.56 Å². The topological polar surface area (TPSA) is 91.7 Å². The fourth-order valence-electron chi connectivity index (χ4n) is 2.08. The lowest BCUT2D eigenvalue weighted by Crippen LogP contribution is -2.20. The monoisotopic (exact) mass is 298 g/mol. The van der Waals surface area contributed by atoms with E-state index in [0.29, 0.717) is 11.9 Å². The summed E-state index contributed by atoms with van der Waals surface area (Å²) in [6.07, 6.45) is 7.07. The highest BCUT2D eigenvalue weighted by Gasteiger charge is 2.17. The van der Waals surface area contributed by atoms with Crippen LogP contribution in [0.5, 0.6) is 0 Å². The molecule has 1 aromatic carbocycles. The number of carboxylic acids is 1. The summed E-state index contributed by atoms with van der Waals surface area (Å²) in [4.78, 5) is 33.8. The highest BCUT2D eigenvalue weighted by molar-refractivity contribution is 6.11. The smallest absolute Gasteiger partial charge is 0.336 e. The molecular formula is C17H14O5. The summed E-state index contributed by atoms with van der Waals surface area (Å²) in [5.74, 6) is -2.20. The zero-order chi connectivity index (χ0) is 16.1. The van der Waals surface area contributed by atoms with Crippen molar-refractivity contribution in [3.63, 3.8) is 0 Å². The van der Waals surface area contributed by atoms with E-state index in [1.807, 2.05) is 0 Å². The van der Waals surface area contributed by atoms with E-state index in [1.54, 1.807) is 24.3 Å². The fraction of sp³-hybridized carbons (Fsp3) is 0.118. The van der Waals surface area contributed by atoms with Crippen molar-refractivity contribution in [3.05, 3.63) is 71.3 Å². The Morgan fingerprint density at radius 1 is 1.14 bits per heavy atom. The van der Waals surface area contributed by atoms with Gasteiger partial charge in [-0.2, -0.15) is 0 Å². The molecule has 2 N–H and O–H groups in total. The van der Waals surface area contributed by atoms with Crippen LogP contribution in [0.2, 0.25) is 0 Å². The number of benzene rings is 1. The average Bonchev–Trinajstić information content (AvgIpc) is 2.52. The van der Waals surface area contributed by atoms with Crippen LogP contribution in [0.25, 0.3) is 0 Å². The van der Waals surface area contributed by atoms with Gasteiger partial charge in [0.25, 0.3) is 0 Å². The number of ketones is 1. The summed E-state index contributed by atoms with van der Waals surface area (Å²) in [5, 5.41) is 18.7. The number of rotatable bonds is 5. The minimum atomic E-state index is -1.17. The molecule has 0 amide bonds. The van der Waals surface area contributed by atoms with E-state index in [4.69, 9.17) is 5.11 Å². The summed E-state index contributed by atoms with van der Waals surface area (Å²) in [6.45, 7) is 0. The van der Waals surface area contributed by atoms with Crippen molar-refractivity contribution >= 4 is 18.0 Å². The van der Waals surface area contributed by atoms with E-state index in [0.717, 1.165) is 0 Å². The van der Waals surface area contributed by atoms with Crippen LogP contribution in [0.4, 0.5) is 0 Å². The lowest BCUT2D eigenvalue weighted by Gasteiger charge is -2.15. The molecule has 0 saturated heterocycles. The first-order valence-corrected chi connectivity index (χ1v) is 6.61. The van der Waals surface area contributed by atoms with E-state index in [-0.39, 0.29) is 11.1 Å². The average molecular weight is 298 g/mol. The number of carbonyl (C=O) groups excluding carboxylic acids is 2. The number of carbonyl (C=O) groups is 3. The van der Waals surface area contributed by atoms with Crippen molar-refractivity contribution in [2.75, 3.05) is 0 Å². The Morgan fingerprint density at radius 2 is 1.82 bits per heavy atom. The molecule has 0 radical (unpaired) electrons. The van der Waals surface area contributed by atoms with Crippen LogP contribution >= 0.6 is 0 Å². The van der Waals surface area contributed by atoms with Gasteiger partial charge in [0.1, 0.15) is 6.29 Å². The maximum absolute atomic E-state index is 12.1. The summed E-state index contributed by atoms with van der Waals surface area (Å²) >= 11 is 0. The largest absolute Gasteiger partial charge is 0.478 e.